The minimum atomic E-state index is -0.00755. The van der Waals surface area contributed by atoms with Crippen molar-refractivity contribution >= 4 is 12.0 Å². The van der Waals surface area contributed by atoms with Gasteiger partial charge in [0.2, 0.25) is 5.89 Å². The second-order valence-electron chi connectivity index (χ2n) is 3.89. The number of hydrogen-bond donors (Lipinski definition) is 2. The molecule has 0 aliphatic heterocycles. The second kappa shape index (κ2) is 5.05. The third-order valence-corrected chi connectivity index (χ3v) is 2.55. The van der Waals surface area contributed by atoms with Crippen molar-refractivity contribution in [3.8, 4) is 0 Å². The van der Waals surface area contributed by atoms with Gasteiger partial charge in [0.1, 0.15) is 0 Å². The van der Waals surface area contributed by atoms with Crippen LogP contribution in [0.4, 0.5) is 12.0 Å². The predicted octanol–water partition coefficient (Wildman–Crippen LogP) is 0.895. The van der Waals surface area contributed by atoms with Crippen LogP contribution in [-0.4, -0.2) is 32.4 Å². The summed E-state index contributed by atoms with van der Waals surface area (Å²) in [5.41, 5.74) is 1.59. The summed E-state index contributed by atoms with van der Waals surface area (Å²) in [7, 11) is 1.82. The Bertz CT molecular complexity index is 539. The van der Waals surface area contributed by atoms with E-state index in [-0.39, 0.29) is 12.1 Å². The van der Waals surface area contributed by atoms with Crippen LogP contribution in [0, 0.1) is 13.8 Å². The fraction of sp³-hybridized carbons (Fsp3) is 0.500. The third-order valence-electron chi connectivity index (χ3n) is 2.55. The van der Waals surface area contributed by atoms with E-state index in [0.717, 1.165) is 11.4 Å². The van der Waals surface area contributed by atoms with E-state index in [0.29, 0.717) is 11.8 Å². The summed E-state index contributed by atoms with van der Waals surface area (Å²) in [4.78, 5) is 4.21. The Morgan fingerprint density at radius 2 is 1.83 bits per heavy atom. The minimum absolute atomic E-state index is 0.00755. The lowest BCUT2D eigenvalue weighted by Gasteiger charge is -2.03. The van der Waals surface area contributed by atoms with E-state index >= 15 is 0 Å². The van der Waals surface area contributed by atoms with Gasteiger partial charge in [-0.3, -0.25) is 5.32 Å². The zero-order valence-electron chi connectivity index (χ0n) is 10.7. The van der Waals surface area contributed by atoms with Crippen molar-refractivity contribution in [1.29, 1.82) is 0 Å². The van der Waals surface area contributed by atoms with Crippen molar-refractivity contribution in [2.24, 2.45) is 0 Å². The van der Waals surface area contributed by atoms with E-state index in [1.165, 1.54) is 0 Å². The summed E-state index contributed by atoms with van der Waals surface area (Å²) in [6, 6.07) is 0.240. The van der Waals surface area contributed by atoms with Gasteiger partial charge >= 0.3 is 6.01 Å². The molecule has 18 heavy (non-hydrogen) atoms. The largest absolute Gasteiger partial charge is 0.406 e. The van der Waals surface area contributed by atoms with Crippen LogP contribution in [0.25, 0.3) is 0 Å². The standard InChI is InChI=1S/C10H15N7O/c1-5-6(2)14-16-9(12-5)13-10-17-15-8(18-10)7(3)11-4/h7,11H,1-4H3,(H,12,13,16,17). The first kappa shape index (κ1) is 12.4. The first-order valence-electron chi connectivity index (χ1n) is 5.55. The van der Waals surface area contributed by atoms with Crippen LogP contribution < -0.4 is 10.6 Å². The third kappa shape index (κ3) is 2.59. The molecular formula is C10H15N7O. The van der Waals surface area contributed by atoms with Gasteiger partial charge < -0.3 is 9.73 Å². The molecule has 2 aromatic rings. The summed E-state index contributed by atoms with van der Waals surface area (Å²) in [6.07, 6.45) is 0. The van der Waals surface area contributed by atoms with Gasteiger partial charge in [-0.25, -0.2) is 4.98 Å². The van der Waals surface area contributed by atoms with E-state index in [1.807, 2.05) is 27.8 Å². The highest BCUT2D eigenvalue weighted by Gasteiger charge is 2.13. The van der Waals surface area contributed by atoms with Crippen LogP contribution >= 0.6 is 0 Å². The van der Waals surface area contributed by atoms with Gasteiger partial charge in [0, 0.05) is 0 Å². The summed E-state index contributed by atoms with van der Waals surface area (Å²) < 4.78 is 5.41. The molecule has 8 nitrogen and oxygen atoms in total. The number of aromatic nitrogens is 5. The maximum Gasteiger partial charge on any atom is 0.322 e. The highest BCUT2D eigenvalue weighted by molar-refractivity contribution is 5.38. The van der Waals surface area contributed by atoms with Crippen LogP contribution in [0.2, 0.25) is 0 Å². The van der Waals surface area contributed by atoms with Crippen LogP contribution in [0.15, 0.2) is 4.42 Å². The van der Waals surface area contributed by atoms with Gasteiger partial charge in [0.25, 0.3) is 5.95 Å². The van der Waals surface area contributed by atoms with Crippen molar-refractivity contribution in [2.75, 3.05) is 12.4 Å². The topological polar surface area (TPSA) is 102 Å². The molecule has 0 bridgehead atoms. The number of anilines is 2. The monoisotopic (exact) mass is 249 g/mol. The van der Waals surface area contributed by atoms with E-state index in [4.69, 9.17) is 4.42 Å². The van der Waals surface area contributed by atoms with Crippen molar-refractivity contribution < 1.29 is 4.42 Å². The lowest BCUT2D eigenvalue weighted by Crippen LogP contribution is -2.12. The predicted molar refractivity (Wildman–Crippen MR) is 64.4 cm³/mol. The molecule has 2 N–H and O–H groups in total. The van der Waals surface area contributed by atoms with E-state index in [9.17, 15) is 0 Å². The van der Waals surface area contributed by atoms with Gasteiger partial charge in [-0.2, -0.15) is 5.10 Å². The number of nitrogens with one attached hydrogen (secondary N) is 2. The molecule has 2 heterocycles. The quantitative estimate of drug-likeness (QED) is 0.823. The Kier molecular flexibility index (Phi) is 3.47. The van der Waals surface area contributed by atoms with Crippen molar-refractivity contribution in [3.05, 3.63) is 17.3 Å². The molecule has 0 saturated carbocycles. The van der Waals surface area contributed by atoms with E-state index < -0.39 is 0 Å². The van der Waals surface area contributed by atoms with Gasteiger partial charge in [-0.15, -0.1) is 10.2 Å². The molecule has 8 heteroatoms. The maximum absolute atomic E-state index is 5.41. The fourth-order valence-electron chi connectivity index (χ4n) is 1.19. The van der Waals surface area contributed by atoms with E-state index in [1.54, 1.807) is 0 Å². The highest BCUT2D eigenvalue weighted by Crippen LogP contribution is 2.15. The Morgan fingerprint density at radius 1 is 1.06 bits per heavy atom. The van der Waals surface area contributed by atoms with Crippen LogP contribution in [0.5, 0.6) is 0 Å². The summed E-state index contributed by atoms with van der Waals surface area (Å²) >= 11 is 0. The van der Waals surface area contributed by atoms with Gasteiger partial charge in [0.15, 0.2) is 0 Å². The summed E-state index contributed by atoms with van der Waals surface area (Å²) in [5, 5.41) is 21.4. The molecule has 0 radical (unpaired) electrons. The smallest absolute Gasteiger partial charge is 0.322 e. The number of nitrogens with zero attached hydrogens (tertiary/aromatic N) is 5. The van der Waals surface area contributed by atoms with Crippen LogP contribution in [0.3, 0.4) is 0 Å². The van der Waals surface area contributed by atoms with E-state index in [2.05, 4.69) is 36.0 Å². The Labute approximate surface area is 104 Å². The first-order chi connectivity index (χ1) is 8.60. The second-order valence-corrected chi connectivity index (χ2v) is 3.89. The SMILES string of the molecule is CNC(C)c1nnc(Nc2nnc(C)c(C)n2)o1. The normalized spacial score (nSPS) is 12.4. The first-order valence-corrected chi connectivity index (χ1v) is 5.55. The molecule has 0 aromatic carbocycles. The van der Waals surface area contributed by atoms with Crippen molar-refractivity contribution in [2.45, 2.75) is 26.8 Å². The zero-order valence-corrected chi connectivity index (χ0v) is 10.7. The lowest BCUT2D eigenvalue weighted by molar-refractivity contribution is 0.443. The number of rotatable bonds is 4. The average Bonchev–Trinajstić information content (AvgIpc) is 2.81. The fourth-order valence-corrected chi connectivity index (χ4v) is 1.19. The van der Waals surface area contributed by atoms with Crippen molar-refractivity contribution in [3.63, 3.8) is 0 Å². The summed E-state index contributed by atoms with van der Waals surface area (Å²) in [6.45, 7) is 5.63. The Morgan fingerprint density at radius 3 is 2.50 bits per heavy atom. The number of aryl methyl sites for hydroxylation is 2. The van der Waals surface area contributed by atoms with Crippen LogP contribution in [0.1, 0.15) is 30.2 Å². The van der Waals surface area contributed by atoms with Crippen LogP contribution in [-0.2, 0) is 0 Å². The average molecular weight is 249 g/mol. The molecular weight excluding hydrogens is 234 g/mol. The summed E-state index contributed by atoms with van der Waals surface area (Å²) in [5.74, 6) is 0.835. The number of hydrogen-bond acceptors (Lipinski definition) is 8. The van der Waals surface area contributed by atoms with Gasteiger partial charge in [-0.05, 0) is 27.8 Å². The molecule has 2 aromatic heterocycles. The molecule has 0 aliphatic rings. The molecule has 0 amide bonds. The lowest BCUT2D eigenvalue weighted by atomic mass is 10.3. The Hall–Kier alpha value is -2.09. The molecule has 1 atom stereocenters. The Balaban J connectivity index is 2.13. The van der Waals surface area contributed by atoms with Crippen molar-refractivity contribution in [1.82, 2.24) is 30.7 Å². The molecule has 0 spiro atoms. The molecule has 0 saturated heterocycles. The highest BCUT2D eigenvalue weighted by atomic mass is 16.4. The molecule has 1 unspecified atom stereocenters. The molecule has 96 valence electrons. The minimum Gasteiger partial charge on any atom is -0.406 e. The maximum atomic E-state index is 5.41. The molecule has 2 rings (SSSR count). The van der Waals surface area contributed by atoms with Gasteiger partial charge in [-0.1, -0.05) is 5.10 Å². The molecule has 0 fully saturated rings. The molecule has 0 aliphatic carbocycles. The van der Waals surface area contributed by atoms with Gasteiger partial charge in [0.05, 0.1) is 17.4 Å². The zero-order chi connectivity index (χ0) is 13.1.